The first-order valence-electron chi connectivity index (χ1n) is 8.70. The molecule has 1 N–H and O–H groups in total. The maximum absolute atomic E-state index is 13.1. The summed E-state index contributed by atoms with van der Waals surface area (Å²) in [5.41, 5.74) is 4.42. The molecular formula is C22H18Cl2N2O. The van der Waals surface area contributed by atoms with E-state index in [0.29, 0.717) is 22.2 Å². The van der Waals surface area contributed by atoms with E-state index >= 15 is 0 Å². The fourth-order valence-electron chi connectivity index (χ4n) is 3.38. The summed E-state index contributed by atoms with van der Waals surface area (Å²) in [6.45, 7) is 2.40. The number of hydrogen-bond donors (Lipinski definition) is 1. The number of nitrogens with zero attached hydrogens (tertiary/aromatic N) is 1. The Morgan fingerprint density at radius 2 is 1.70 bits per heavy atom. The molecule has 0 aromatic heterocycles. The van der Waals surface area contributed by atoms with Gasteiger partial charge in [0, 0.05) is 22.7 Å². The standard InChI is InChI=1S/C22H18Cl2N2O/c1-14-10-11-20(19(24)12-14)25-21-16-7-3-4-8-17(16)22(27)26(21)13-15-6-2-5-9-18(15)23/h2-12,21,25H,13H2,1H3/t21-/m0/s1. The van der Waals surface area contributed by atoms with Crippen LogP contribution in [0.1, 0.15) is 33.2 Å². The summed E-state index contributed by atoms with van der Waals surface area (Å²) in [7, 11) is 0. The van der Waals surface area contributed by atoms with E-state index in [1.165, 1.54) is 0 Å². The number of hydrogen-bond acceptors (Lipinski definition) is 2. The van der Waals surface area contributed by atoms with Crippen molar-refractivity contribution in [3.63, 3.8) is 0 Å². The lowest BCUT2D eigenvalue weighted by Gasteiger charge is -2.28. The third-order valence-electron chi connectivity index (χ3n) is 4.77. The van der Waals surface area contributed by atoms with Crippen LogP contribution in [0.25, 0.3) is 0 Å². The van der Waals surface area contributed by atoms with Gasteiger partial charge in [-0.15, -0.1) is 0 Å². The van der Waals surface area contributed by atoms with E-state index in [2.05, 4.69) is 5.32 Å². The van der Waals surface area contributed by atoms with Gasteiger partial charge < -0.3 is 10.2 Å². The summed E-state index contributed by atoms with van der Waals surface area (Å²) in [5, 5.41) is 4.72. The monoisotopic (exact) mass is 396 g/mol. The molecule has 1 aliphatic heterocycles. The minimum absolute atomic E-state index is 0.0220. The molecule has 0 saturated carbocycles. The number of amides is 1. The van der Waals surface area contributed by atoms with Crippen molar-refractivity contribution in [3.05, 3.63) is 99.0 Å². The summed E-state index contributed by atoms with van der Waals surface area (Å²) < 4.78 is 0. The first-order valence-corrected chi connectivity index (χ1v) is 9.46. The van der Waals surface area contributed by atoms with Gasteiger partial charge in [-0.25, -0.2) is 0 Å². The van der Waals surface area contributed by atoms with Crippen LogP contribution in [0.3, 0.4) is 0 Å². The minimum atomic E-state index is -0.315. The van der Waals surface area contributed by atoms with Gasteiger partial charge in [0.25, 0.3) is 5.91 Å². The maximum Gasteiger partial charge on any atom is 0.256 e. The molecule has 136 valence electrons. The molecule has 0 aliphatic carbocycles. The van der Waals surface area contributed by atoms with Crippen LogP contribution in [0.2, 0.25) is 10.0 Å². The Balaban J connectivity index is 1.72. The van der Waals surface area contributed by atoms with Crippen molar-refractivity contribution < 1.29 is 4.79 Å². The zero-order valence-electron chi connectivity index (χ0n) is 14.7. The quantitative estimate of drug-likeness (QED) is 0.580. The molecule has 1 atom stereocenters. The number of nitrogens with one attached hydrogen (secondary N) is 1. The third-order valence-corrected chi connectivity index (χ3v) is 5.46. The first kappa shape index (κ1) is 17.9. The molecule has 5 heteroatoms. The fraction of sp³-hybridized carbons (Fsp3) is 0.136. The number of anilines is 1. The Kier molecular flexibility index (Phi) is 4.81. The lowest BCUT2D eigenvalue weighted by atomic mass is 10.1. The SMILES string of the molecule is Cc1ccc(N[C@@H]2c3ccccc3C(=O)N2Cc2ccccc2Cl)c(Cl)c1. The molecule has 3 aromatic carbocycles. The highest BCUT2D eigenvalue weighted by Gasteiger charge is 2.36. The number of carbonyl (C=O) groups is 1. The topological polar surface area (TPSA) is 32.3 Å². The van der Waals surface area contributed by atoms with Crippen LogP contribution < -0.4 is 5.32 Å². The molecule has 0 bridgehead atoms. The third kappa shape index (κ3) is 3.41. The highest BCUT2D eigenvalue weighted by atomic mass is 35.5. The van der Waals surface area contributed by atoms with E-state index in [0.717, 1.165) is 22.4 Å². The Bertz CT molecular complexity index is 1020. The molecule has 0 fully saturated rings. The van der Waals surface area contributed by atoms with Crippen LogP contribution >= 0.6 is 23.2 Å². The van der Waals surface area contributed by atoms with Gasteiger partial charge in [0.15, 0.2) is 0 Å². The van der Waals surface area contributed by atoms with Crippen molar-refractivity contribution in [2.24, 2.45) is 0 Å². The number of aryl methyl sites for hydroxylation is 1. The molecular weight excluding hydrogens is 379 g/mol. The van der Waals surface area contributed by atoms with Gasteiger partial charge in [0.2, 0.25) is 0 Å². The second-order valence-electron chi connectivity index (χ2n) is 6.64. The number of rotatable bonds is 4. The highest BCUT2D eigenvalue weighted by Crippen LogP contribution is 2.37. The average Bonchev–Trinajstić information content (AvgIpc) is 2.92. The molecule has 4 rings (SSSR count). The van der Waals surface area contributed by atoms with Crippen LogP contribution in [0.15, 0.2) is 66.7 Å². The maximum atomic E-state index is 13.1. The Hall–Kier alpha value is -2.49. The number of carbonyl (C=O) groups excluding carboxylic acids is 1. The summed E-state index contributed by atoms with van der Waals surface area (Å²) in [6, 6.07) is 21.1. The second kappa shape index (κ2) is 7.26. The summed E-state index contributed by atoms with van der Waals surface area (Å²) in [5.74, 6) is -0.0220. The van der Waals surface area contributed by atoms with Crippen LogP contribution in [-0.2, 0) is 6.54 Å². The van der Waals surface area contributed by atoms with Gasteiger partial charge in [-0.1, -0.05) is 65.7 Å². The Morgan fingerprint density at radius 1 is 0.963 bits per heavy atom. The fourth-order valence-corrected chi connectivity index (χ4v) is 3.87. The molecule has 3 nitrogen and oxygen atoms in total. The van der Waals surface area contributed by atoms with E-state index in [4.69, 9.17) is 23.2 Å². The van der Waals surface area contributed by atoms with Gasteiger partial charge in [-0.2, -0.15) is 0 Å². The Morgan fingerprint density at radius 3 is 2.48 bits per heavy atom. The van der Waals surface area contributed by atoms with Crippen LogP contribution in [0, 0.1) is 6.92 Å². The van der Waals surface area contributed by atoms with Gasteiger partial charge in [-0.3, -0.25) is 4.79 Å². The predicted molar refractivity (Wildman–Crippen MR) is 110 cm³/mol. The first-order chi connectivity index (χ1) is 13.0. The van der Waals surface area contributed by atoms with E-state index in [-0.39, 0.29) is 12.1 Å². The van der Waals surface area contributed by atoms with Crippen molar-refractivity contribution in [3.8, 4) is 0 Å². The smallest absolute Gasteiger partial charge is 0.256 e. The molecule has 0 saturated heterocycles. The number of fused-ring (bicyclic) bond motifs is 1. The zero-order valence-corrected chi connectivity index (χ0v) is 16.3. The molecule has 3 aromatic rings. The zero-order chi connectivity index (χ0) is 19.0. The highest BCUT2D eigenvalue weighted by molar-refractivity contribution is 6.33. The van der Waals surface area contributed by atoms with Crippen molar-refractivity contribution >= 4 is 34.8 Å². The van der Waals surface area contributed by atoms with Crippen LogP contribution in [0.4, 0.5) is 5.69 Å². The minimum Gasteiger partial charge on any atom is -0.360 e. The van der Waals surface area contributed by atoms with Crippen molar-refractivity contribution in [1.29, 1.82) is 0 Å². The Labute approximate surface area is 168 Å². The normalized spacial score (nSPS) is 15.7. The summed E-state index contributed by atoms with van der Waals surface area (Å²) in [6.07, 6.45) is -0.315. The number of benzene rings is 3. The van der Waals surface area contributed by atoms with Gasteiger partial charge in [-0.05, 0) is 42.3 Å². The van der Waals surface area contributed by atoms with Crippen molar-refractivity contribution in [2.45, 2.75) is 19.6 Å². The van der Waals surface area contributed by atoms with Crippen LogP contribution in [0.5, 0.6) is 0 Å². The molecule has 27 heavy (non-hydrogen) atoms. The van der Waals surface area contributed by atoms with Gasteiger partial charge >= 0.3 is 0 Å². The lowest BCUT2D eigenvalue weighted by molar-refractivity contribution is 0.0729. The molecule has 1 amide bonds. The average molecular weight is 397 g/mol. The second-order valence-corrected chi connectivity index (χ2v) is 7.46. The molecule has 1 heterocycles. The predicted octanol–water partition coefficient (Wildman–Crippen LogP) is 6.07. The van der Waals surface area contributed by atoms with E-state index < -0.39 is 0 Å². The largest absolute Gasteiger partial charge is 0.360 e. The number of halogens is 2. The molecule has 0 spiro atoms. The molecule has 0 radical (unpaired) electrons. The van der Waals surface area contributed by atoms with Gasteiger partial charge in [0.1, 0.15) is 6.17 Å². The van der Waals surface area contributed by atoms with E-state index in [1.807, 2.05) is 73.7 Å². The summed E-state index contributed by atoms with van der Waals surface area (Å²) in [4.78, 5) is 14.9. The lowest BCUT2D eigenvalue weighted by Crippen LogP contribution is -2.32. The summed E-state index contributed by atoms with van der Waals surface area (Å²) >= 11 is 12.8. The van der Waals surface area contributed by atoms with Crippen molar-refractivity contribution in [2.75, 3.05) is 5.32 Å². The van der Waals surface area contributed by atoms with E-state index in [9.17, 15) is 4.79 Å². The van der Waals surface area contributed by atoms with Gasteiger partial charge in [0.05, 0.1) is 10.7 Å². The van der Waals surface area contributed by atoms with E-state index in [1.54, 1.807) is 4.90 Å². The molecule has 0 unspecified atom stereocenters. The molecule has 1 aliphatic rings. The van der Waals surface area contributed by atoms with Crippen molar-refractivity contribution in [1.82, 2.24) is 4.90 Å². The van der Waals surface area contributed by atoms with Crippen LogP contribution in [-0.4, -0.2) is 10.8 Å².